The van der Waals surface area contributed by atoms with E-state index in [0.717, 1.165) is 24.1 Å². The first kappa shape index (κ1) is 18.2. The predicted octanol–water partition coefficient (Wildman–Crippen LogP) is 2.87. The molecule has 25 heavy (non-hydrogen) atoms. The number of esters is 1. The lowest BCUT2D eigenvalue weighted by molar-refractivity contribution is -0.940. The number of hydrogen-bond donors (Lipinski definition) is 1. The highest BCUT2D eigenvalue weighted by molar-refractivity contribution is 5.89. The van der Waals surface area contributed by atoms with Crippen LogP contribution in [0.15, 0.2) is 24.3 Å². The lowest BCUT2D eigenvalue weighted by Gasteiger charge is -2.41. The zero-order chi connectivity index (χ0) is 17.6. The van der Waals surface area contributed by atoms with Crippen molar-refractivity contribution in [2.75, 3.05) is 19.7 Å². The van der Waals surface area contributed by atoms with Gasteiger partial charge in [-0.3, -0.25) is 0 Å². The Morgan fingerprint density at radius 3 is 2.64 bits per heavy atom. The van der Waals surface area contributed by atoms with Gasteiger partial charge in [0.15, 0.2) is 0 Å². The van der Waals surface area contributed by atoms with Crippen LogP contribution >= 0.6 is 0 Å². The van der Waals surface area contributed by atoms with E-state index in [0.29, 0.717) is 12.2 Å². The van der Waals surface area contributed by atoms with Crippen LogP contribution in [-0.2, 0) is 4.74 Å². The monoisotopic (exact) mass is 346 g/mol. The van der Waals surface area contributed by atoms with E-state index in [1.807, 2.05) is 26.0 Å². The van der Waals surface area contributed by atoms with Crippen LogP contribution < -0.4 is 9.64 Å². The molecule has 4 heteroatoms. The largest absolute Gasteiger partial charge is 0.491 e. The number of fused-ring (bicyclic) bond motifs is 1. The Bertz CT molecular complexity index is 553. The first-order valence-corrected chi connectivity index (χ1v) is 9.92. The van der Waals surface area contributed by atoms with Crippen molar-refractivity contribution in [2.45, 2.75) is 64.5 Å². The van der Waals surface area contributed by atoms with E-state index in [2.05, 4.69) is 0 Å². The van der Waals surface area contributed by atoms with Crippen LogP contribution in [0.2, 0.25) is 0 Å². The van der Waals surface area contributed by atoms with E-state index in [9.17, 15) is 4.79 Å². The van der Waals surface area contributed by atoms with E-state index < -0.39 is 0 Å². The van der Waals surface area contributed by atoms with Gasteiger partial charge < -0.3 is 14.4 Å². The third kappa shape index (κ3) is 4.97. The van der Waals surface area contributed by atoms with Crippen molar-refractivity contribution in [3.8, 4) is 5.75 Å². The Balaban J connectivity index is 1.45. The summed E-state index contributed by atoms with van der Waals surface area (Å²) in [5.41, 5.74) is 0.602. The van der Waals surface area contributed by atoms with Crippen LogP contribution in [0.4, 0.5) is 0 Å². The van der Waals surface area contributed by atoms with Crippen LogP contribution in [-0.4, -0.2) is 37.8 Å². The number of nitrogens with one attached hydrogen (secondary N) is 1. The molecule has 0 spiro atoms. The Morgan fingerprint density at radius 1 is 1.12 bits per heavy atom. The summed E-state index contributed by atoms with van der Waals surface area (Å²) in [7, 11) is 0. The second kappa shape index (κ2) is 8.70. The molecule has 2 aliphatic rings. The van der Waals surface area contributed by atoms with Crippen LogP contribution in [0.25, 0.3) is 0 Å². The number of ether oxygens (including phenoxy) is 2. The molecule has 2 fully saturated rings. The summed E-state index contributed by atoms with van der Waals surface area (Å²) in [5.74, 6) is 1.28. The van der Waals surface area contributed by atoms with Gasteiger partial charge in [0, 0.05) is 5.92 Å². The quantitative estimate of drug-likeness (QED) is 0.805. The van der Waals surface area contributed by atoms with Crippen molar-refractivity contribution in [1.82, 2.24) is 0 Å². The van der Waals surface area contributed by atoms with Gasteiger partial charge in [0.2, 0.25) is 0 Å². The smallest absolute Gasteiger partial charge is 0.338 e. The van der Waals surface area contributed by atoms with Crippen molar-refractivity contribution in [3.05, 3.63) is 29.8 Å². The van der Waals surface area contributed by atoms with Gasteiger partial charge >= 0.3 is 5.97 Å². The third-order valence-corrected chi connectivity index (χ3v) is 5.61. The Labute approximate surface area is 151 Å². The lowest BCUT2D eigenvalue weighted by atomic mass is 9.82. The van der Waals surface area contributed by atoms with Gasteiger partial charge in [0.25, 0.3) is 0 Å². The average Bonchev–Trinajstić information content (AvgIpc) is 2.62. The van der Waals surface area contributed by atoms with Crippen LogP contribution in [0.5, 0.6) is 5.75 Å². The molecule has 4 nitrogen and oxygen atoms in total. The number of carbonyl (C=O) groups excluding carboxylic acids is 1. The molecule has 0 bridgehead atoms. The van der Waals surface area contributed by atoms with Gasteiger partial charge in [-0.25, -0.2) is 4.79 Å². The SMILES string of the molecule is CC(C)Oc1ccc(C(=O)OCCC2CCC[NH+]3CCCCC23)cc1. The summed E-state index contributed by atoms with van der Waals surface area (Å²) in [5, 5.41) is 0. The number of quaternary nitrogens is 1. The number of rotatable bonds is 6. The first-order chi connectivity index (χ1) is 12.1. The van der Waals surface area contributed by atoms with Crippen LogP contribution in [0, 0.1) is 5.92 Å². The fourth-order valence-corrected chi connectivity index (χ4v) is 4.45. The highest BCUT2D eigenvalue weighted by Gasteiger charge is 2.36. The fourth-order valence-electron chi connectivity index (χ4n) is 4.45. The molecule has 1 aromatic carbocycles. The summed E-state index contributed by atoms with van der Waals surface area (Å²) in [6.07, 6.45) is 7.86. The molecule has 2 heterocycles. The zero-order valence-corrected chi connectivity index (χ0v) is 15.6. The van der Waals surface area contributed by atoms with Crippen molar-refractivity contribution in [1.29, 1.82) is 0 Å². The predicted molar refractivity (Wildman–Crippen MR) is 98.2 cm³/mol. The van der Waals surface area contributed by atoms with Gasteiger partial charge in [-0.1, -0.05) is 0 Å². The van der Waals surface area contributed by atoms with Crippen LogP contribution in [0.3, 0.4) is 0 Å². The maximum Gasteiger partial charge on any atom is 0.338 e. The van der Waals surface area contributed by atoms with E-state index in [1.165, 1.54) is 45.2 Å². The molecule has 3 unspecified atom stereocenters. The number of piperidine rings is 2. The standard InChI is InChI=1S/C21H31NO3/c1-16(2)25-19-10-8-18(9-11-19)21(23)24-15-12-17-6-5-14-22-13-4-3-7-20(17)22/h8-11,16-17,20H,3-7,12-15H2,1-2H3/p+1. The minimum Gasteiger partial charge on any atom is -0.491 e. The summed E-state index contributed by atoms with van der Waals surface area (Å²) < 4.78 is 11.1. The van der Waals surface area contributed by atoms with Crippen LogP contribution in [0.1, 0.15) is 62.7 Å². The first-order valence-electron chi connectivity index (χ1n) is 9.92. The van der Waals surface area contributed by atoms with Crippen molar-refractivity contribution in [2.24, 2.45) is 5.92 Å². The Hall–Kier alpha value is -1.55. The molecule has 0 aromatic heterocycles. The average molecular weight is 346 g/mol. The lowest BCUT2D eigenvalue weighted by Crippen LogP contribution is -3.18. The van der Waals surface area contributed by atoms with Gasteiger partial charge in [0.05, 0.1) is 37.4 Å². The number of carbonyl (C=O) groups is 1. The third-order valence-electron chi connectivity index (χ3n) is 5.61. The van der Waals surface area contributed by atoms with Gasteiger partial charge in [-0.15, -0.1) is 0 Å². The normalized spacial score (nSPS) is 26.1. The summed E-state index contributed by atoms with van der Waals surface area (Å²) in [6.45, 7) is 7.19. The second-order valence-corrected chi connectivity index (χ2v) is 7.78. The molecule has 0 amide bonds. The zero-order valence-electron chi connectivity index (χ0n) is 15.6. The minimum atomic E-state index is -0.222. The van der Waals surface area contributed by atoms with Crippen molar-refractivity contribution >= 4 is 5.97 Å². The molecule has 3 atom stereocenters. The summed E-state index contributed by atoms with van der Waals surface area (Å²) >= 11 is 0. The second-order valence-electron chi connectivity index (χ2n) is 7.78. The number of hydrogen-bond acceptors (Lipinski definition) is 3. The minimum absolute atomic E-state index is 0.134. The maximum atomic E-state index is 12.2. The van der Waals surface area contributed by atoms with Gasteiger partial charge in [-0.05, 0) is 76.6 Å². The molecular formula is C21H32NO3+. The number of benzene rings is 1. The molecule has 0 aliphatic carbocycles. The summed E-state index contributed by atoms with van der Waals surface area (Å²) in [6, 6.07) is 8.04. The molecule has 0 radical (unpaired) electrons. The highest BCUT2D eigenvalue weighted by Crippen LogP contribution is 2.23. The summed E-state index contributed by atoms with van der Waals surface area (Å²) in [4.78, 5) is 14.0. The fraction of sp³-hybridized carbons (Fsp3) is 0.667. The molecule has 1 N–H and O–H groups in total. The topological polar surface area (TPSA) is 40.0 Å². The van der Waals surface area contributed by atoms with E-state index >= 15 is 0 Å². The molecule has 0 saturated carbocycles. The Kier molecular flexibility index (Phi) is 6.35. The molecule has 2 saturated heterocycles. The molecule has 138 valence electrons. The molecule has 1 aromatic rings. The molecular weight excluding hydrogens is 314 g/mol. The van der Waals surface area contributed by atoms with E-state index in [-0.39, 0.29) is 12.1 Å². The van der Waals surface area contributed by atoms with Crippen molar-refractivity contribution in [3.63, 3.8) is 0 Å². The van der Waals surface area contributed by atoms with E-state index in [1.54, 1.807) is 17.0 Å². The highest BCUT2D eigenvalue weighted by atomic mass is 16.5. The maximum absolute atomic E-state index is 12.2. The Morgan fingerprint density at radius 2 is 1.88 bits per heavy atom. The molecule has 3 rings (SSSR count). The van der Waals surface area contributed by atoms with Crippen molar-refractivity contribution < 1.29 is 19.2 Å². The molecule has 2 aliphatic heterocycles. The van der Waals surface area contributed by atoms with Gasteiger partial charge in [-0.2, -0.15) is 0 Å². The van der Waals surface area contributed by atoms with E-state index in [4.69, 9.17) is 9.47 Å². The van der Waals surface area contributed by atoms with Gasteiger partial charge in [0.1, 0.15) is 5.75 Å².